The number of sulfonamides is 1. The third kappa shape index (κ3) is 3.76. The van der Waals surface area contributed by atoms with Crippen molar-refractivity contribution in [2.45, 2.75) is 18.2 Å². The molecular weight excluding hydrogens is 402 g/mol. The van der Waals surface area contributed by atoms with E-state index in [2.05, 4.69) is 5.32 Å². The molecule has 0 bridgehead atoms. The standard InChI is InChI=1S/C19H20ClN3O4S/c1-12(24)23-9-8-13-10-14(4-7-18(13)23)21-19(25)16-11-15(5-6-17(16)20)28(26,27)22(2)3/h4-7,10-11H,8-9H2,1-3H3,(H,21,25). The number of hydrogen-bond donors (Lipinski definition) is 1. The van der Waals surface area contributed by atoms with Gasteiger partial charge in [-0.05, 0) is 48.4 Å². The molecule has 28 heavy (non-hydrogen) atoms. The number of carbonyl (C=O) groups is 2. The Hall–Kier alpha value is -2.42. The van der Waals surface area contributed by atoms with Gasteiger partial charge in [0.15, 0.2) is 0 Å². The van der Waals surface area contributed by atoms with E-state index in [1.807, 2.05) is 6.07 Å². The lowest BCUT2D eigenvalue weighted by atomic mass is 10.1. The molecule has 0 radical (unpaired) electrons. The summed E-state index contributed by atoms with van der Waals surface area (Å²) >= 11 is 6.12. The van der Waals surface area contributed by atoms with Crippen LogP contribution in [0.4, 0.5) is 11.4 Å². The summed E-state index contributed by atoms with van der Waals surface area (Å²) in [6, 6.07) is 9.31. The minimum atomic E-state index is -3.69. The number of hydrogen-bond acceptors (Lipinski definition) is 4. The summed E-state index contributed by atoms with van der Waals surface area (Å²) in [5.41, 5.74) is 2.41. The van der Waals surface area contributed by atoms with E-state index in [1.54, 1.807) is 17.0 Å². The molecule has 0 aliphatic carbocycles. The normalized spacial score (nSPS) is 13.5. The molecule has 2 aromatic carbocycles. The largest absolute Gasteiger partial charge is 0.322 e. The zero-order chi connectivity index (χ0) is 20.6. The molecule has 7 nitrogen and oxygen atoms in total. The molecule has 1 N–H and O–H groups in total. The highest BCUT2D eigenvalue weighted by molar-refractivity contribution is 7.89. The Bertz CT molecular complexity index is 1070. The minimum absolute atomic E-state index is 0.0156. The molecule has 0 saturated heterocycles. The van der Waals surface area contributed by atoms with Crippen LogP contribution in [0.15, 0.2) is 41.3 Å². The van der Waals surface area contributed by atoms with Gasteiger partial charge in [0, 0.05) is 38.9 Å². The molecule has 3 rings (SSSR count). The van der Waals surface area contributed by atoms with E-state index in [0.29, 0.717) is 18.7 Å². The van der Waals surface area contributed by atoms with Gasteiger partial charge in [-0.15, -0.1) is 0 Å². The summed E-state index contributed by atoms with van der Waals surface area (Å²) in [5.74, 6) is -0.539. The molecule has 0 atom stereocenters. The van der Waals surface area contributed by atoms with Gasteiger partial charge in [0.05, 0.1) is 15.5 Å². The van der Waals surface area contributed by atoms with Crippen LogP contribution < -0.4 is 10.2 Å². The first-order chi connectivity index (χ1) is 13.1. The first-order valence-electron chi connectivity index (χ1n) is 8.55. The number of carbonyl (C=O) groups excluding carboxylic acids is 2. The Balaban J connectivity index is 1.87. The third-order valence-electron chi connectivity index (χ3n) is 4.57. The van der Waals surface area contributed by atoms with Crippen molar-refractivity contribution in [2.24, 2.45) is 0 Å². The fourth-order valence-electron chi connectivity index (χ4n) is 3.05. The van der Waals surface area contributed by atoms with E-state index >= 15 is 0 Å². The van der Waals surface area contributed by atoms with Gasteiger partial charge in [0.1, 0.15) is 0 Å². The maximum Gasteiger partial charge on any atom is 0.257 e. The number of halogens is 1. The van der Waals surface area contributed by atoms with E-state index in [4.69, 9.17) is 11.6 Å². The maximum atomic E-state index is 12.7. The van der Waals surface area contributed by atoms with Crippen LogP contribution >= 0.6 is 11.6 Å². The van der Waals surface area contributed by atoms with Gasteiger partial charge in [-0.3, -0.25) is 9.59 Å². The average molecular weight is 422 g/mol. The molecule has 9 heteroatoms. The number of anilines is 2. The zero-order valence-electron chi connectivity index (χ0n) is 15.7. The molecule has 2 amide bonds. The summed E-state index contributed by atoms with van der Waals surface area (Å²) in [5, 5.41) is 2.90. The minimum Gasteiger partial charge on any atom is -0.322 e. The molecule has 0 unspecified atom stereocenters. The van der Waals surface area contributed by atoms with Gasteiger partial charge < -0.3 is 10.2 Å². The van der Waals surface area contributed by atoms with Gasteiger partial charge >= 0.3 is 0 Å². The van der Waals surface area contributed by atoms with Crippen LogP contribution in [0.3, 0.4) is 0 Å². The number of nitrogens with one attached hydrogen (secondary N) is 1. The average Bonchev–Trinajstić information content (AvgIpc) is 3.05. The fraction of sp³-hybridized carbons (Fsp3) is 0.263. The van der Waals surface area contributed by atoms with E-state index < -0.39 is 15.9 Å². The fourth-order valence-corrected chi connectivity index (χ4v) is 4.19. The Kier molecular flexibility index (Phi) is 5.47. The number of benzene rings is 2. The van der Waals surface area contributed by atoms with E-state index in [0.717, 1.165) is 15.6 Å². The van der Waals surface area contributed by atoms with Gasteiger partial charge in [-0.1, -0.05) is 11.6 Å². The highest BCUT2D eigenvalue weighted by atomic mass is 35.5. The summed E-state index contributed by atoms with van der Waals surface area (Å²) in [6.07, 6.45) is 0.704. The summed E-state index contributed by atoms with van der Waals surface area (Å²) in [7, 11) is -0.857. The maximum absolute atomic E-state index is 12.7. The van der Waals surface area contributed by atoms with Crippen LogP contribution in [-0.2, 0) is 21.2 Å². The highest BCUT2D eigenvalue weighted by Gasteiger charge is 2.23. The van der Waals surface area contributed by atoms with Crippen molar-refractivity contribution in [3.05, 3.63) is 52.5 Å². The van der Waals surface area contributed by atoms with E-state index in [1.165, 1.54) is 39.2 Å². The molecule has 0 aromatic heterocycles. The Morgan fingerprint density at radius 2 is 1.86 bits per heavy atom. The monoisotopic (exact) mass is 421 g/mol. The topological polar surface area (TPSA) is 86.8 Å². The van der Waals surface area contributed by atoms with Crippen molar-refractivity contribution in [2.75, 3.05) is 30.9 Å². The van der Waals surface area contributed by atoms with Crippen LogP contribution in [0.5, 0.6) is 0 Å². The predicted octanol–water partition coefficient (Wildman–Crippen LogP) is 2.75. The second-order valence-electron chi connectivity index (χ2n) is 6.65. The van der Waals surface area contributed by atoms with Crippen molar-refractivity contribution >= 4 is 44.8 Å². The van der Waals surface area contributed by atoms with E-state index in [-0.39, 0.29) is 21.4 Å². The summed E-state index contributed by atoms with van der Waals surface area (Å²) in [6.45, 7) is 2.12. The molecule has 2 aromatic rings. The van der Waals surface area contributed by atoms with Crippen LogP contribution in [-0.4, -0.2) is 45.2 Å². The van der Waals surface area contributed by atoms with Crippen molar-refractivity contribution in [1.29, 1.82) is 0 Å². The number of rotatable bonds is 4. The molecule has 0 fully saturated rings. The van der Waals surface area contributed by atoms with Crippen molar-refractivity contribution in [3.63, 3.8) is 0 Å². The molecule has 0 saturated carbocycles. The lowest BCUT2D eigenvalue weighted by Gasteiger charge is -2.15. The first-order valence-corrected chi connectivity index (χ1v) is 10.4. The zero-order valence-corrected chi connectivity index (χ0v) is 17.3. The quantitative estimate of drug-likeness (QED) is 0.822. The van der Waals surface area contributed by atoms with Crippen LogP contribution in [0, 0.1) is 0 Å². The van der Waals surface area contributed by atoms with Crippen LogP contribution in [0.25, 0.3) is 0 Å². The van der Waals surface area contributed by atoms with Crippen molar-refractivity contribution in [3.8, 4) is 0 Å². The summed E-state index contributed by atoms with van der Waals surface area (Å²) in [4.78, 5) is 26.0. The predicted molar refractivity (Wildman–Crippen MR) is 108 cm³/mol. The van der Waals surface area contributed by atoms with Crippen molar-refractivity contribution < 1.29 is 18.0 Å². The Morgan fingerprint density at radius 3 is 2.50 bits per heavy atom. The number of nitrogens with zero attached hydrogens (tertiary/aromatic N) is 2. The van der Waals surface area contributed by atoms with Crippen molar-refractivity contribution in [1.82, 2.24) is 4.31 Å². The molecule has 1 aliphatic heterocycles. The molecule has 0 spiro atoms. The second kappa shape index (κ2) is 7.54. The molecule has 148 valence electrons. The molecule has 1 heterocycles. The van der Waals surface area contributed by atoms with Crippen LogP contribution in [0.2, 0.25) is 5.02 Å². The number of amides is 2. The number of fused-ring (bicyclic) bond motifs is 1. The Labute approximate surface area is 168 Å². The molecule has 1 aliphatic rings. The Morgan fingerprint density at radius 1 is 1.14 bits per heavy atom. The van der Waals surface area contributed by atoms with Crippen LogP contribution in [0.1, 0.15) is 22.8 Å². The highest BCUT2D eigenvalue weighted by Crippen LogP contribution is 2.31. The van der Waals surface area contributed by atoms with Gasteiger partial charge in [-0.25, -0.2) is 12.7 Å². The second-order valence-corrected chi connectivity index (χ2v) is 9.21. The van der Waals surface area contributed by atoms with Gasteiger partial charge in [-0.2, -0.15) is 0 Å². The first kappa shape index (κ1) is 20.3. The lowest BCUT2D eigenvalue weighted by Crippen LogP contribution is -2.25. The van der Waals surface area contributed by atoms with Gasteiger partial charge in [0.2, 0.25) is 15.9 Å². The smallest absolute Gasteiger partial charge is 0.257 e. The third-order valence-corrected chi connectivity index (χ3v) is 6.71. The van der Waals surface area contributed by atoms with E-state index in [9.17, 15) is 18.0 Å². The molecular formula is C19H20ClN3O4S. The lowest BCUT2D eigenvalue weighted by molar-refractivity contribution is -0.116. The van der Waals surface area contributed by atoms with Gasteiger partial charge in [0.25, 0.3) is 5.91 Å². The summed E-state index contributed by atoms with van der Waals surface area (Å²) < 4.78 is 25.7. The SMILES string of the molecule is CC(=O)N1CCc2cc(NC(=O)c3cc(S(=O)(=O)N(C)C)ccc3Cl)ccc21.